The molecule has 1 saturated carbocycles. The van der Waals surface area contributed by atoms with Gasteiger partial charge < -0.3 is 15.7 Å². The van der Waals surface area contributed by atoms with Crippen molar-refractivity contribution in [2.45, 2.75) is 44.6 Å². The number of likely N-dealkylation sites (tertiary alicyclic amines) is 1. The van der Waals surface area contributed by atoms with Gasteiger partial charge in [0.1, 0.15) is 0 Å². The number of amides is 1. The summed E-state index contributed by atoms with van der Waals surface area (Å²) in [4.78, 5) is 25.1. The van der Waals surface area contributed by atoms with E-state index in [2.05, 4.69) is 0 Å². The molecule has 0 spiro atoms. The van der Waals surface area contributed by atoms with Crippen LogP contribution >= 0.6 is 0 Å². The molecule has 2 aliphatic rings. The fourth-order valence-corrected chi connectivity index (χ4v) is 2.75. The van der Waals surface area contributed by atoms with Gasteiger partial charge in [0.25, 0.3) is 0 Å². The van der Waals surface area contributed by atoms with Crippen molar-refractivity contribution in [2.24, 2.45) is 11.1 Å². The van der Waals surface area contributed by atoms with E-state index in [-0.39, 0.29) is 5.91 Å². The van der Waals surface area contributed by atoms with E-state index in [0.717, 1.165) is 19.3 Å². The monoisotopic (exact) mass is 240 g/mol. The topological polar surface area (TPSA) is 83.6 Å². The first-order chi connectivity index (χ1) is 7.93. The molecule has 0 aromatic carbocycles. The predicted octanol–water partition coefficient (Wildman–Crippen LogP) is 0.581. The van der Waals surface area contributed by atoms with Gasteiger partial charge in [-0.15, -0.1) is 0 Å². The fraction of sp³-hybridized carbons (Fsp3) is 0.833. The minimum atomic E-state index is -0.796. The first kappa shape index (κ1) is 12.4. The highest BCUT2D eigenvalue weighted by Gasteiger charge is 2.49. The molecule has 0 bridgehead atoms. The first-order valence-corrected chi connectivity index (χ1v) is 6.25. The summed E-state index contributed by atoms with van der Waals surface area (Å²) in [5, 5.41) is 9.27. The number of nitrogens with zero attached hydrogens (tertiary/aromatic N) is 1. The number of carboxylic acids is 1. The summed E-state index contributed by atoms with van der Waals surface area (Å²) in [6, 6.07) is 0. The van der Waals surface area contributed by atoms with Crippen LogP contribution in [0.2, 0.25) is 0 Å². The quantitative estimate of drug-likeness (QED) is 0.756. The van der Waals surface area contributed by atoms with Gasteiger partial charge in [-0.05, 0) is 32.1 Å². The van der Waals surface area contributed by atoms with E-state index in [4.69, 9.17) is 5.73 Å². The molecule has 17 heavy (non-hydrogen) atoms. The Morgan fingerprint density at radius 3 is 2.35 bits per heavy atom. The zero-order valence-electron chi connectivity index (χ0n) is 10.2. The van der Waals surface area contributed by atoms with Gasteiger partial charge in [0.05, 0.1) is 11.0 Å². The number of rotatable bonds is 3. The van der Waals surface area contributed by atoms with Gasteiger partial charge in [-0.25, -0.2) is 0 Å². The standard InChI is InChI=1S/C12H20N2O3/c1-2-11(10(16)17)6-7-14(8-11)9(15)12(13)4-3-5-12/h2-8,13H2,1H3,(H,16,17). The van der Waals surface area contributed by atoms with E-state index in [1.807, 2.05) is 6.92 Å². The lowest BCUT2D eigenvalue weighted by Crippen LogP contribution is -2.59. The second-order valence-corrected chi connectivity index (χ2v) is 5.43. The number of nitrogens with two attached hydrogens (primary N) is 1. The van der Waals surface area contributed by atoms with Crippen LogP contribution in [-0.2, 0) is 9.59 Å². The molecule has 2 rings (SSSR count). The molecule has 1 unspecified atom stereocenters. The Hall–Kier alpha value is -1.10. The average molecular weight is 240 g/mol. The van der Waals surface area contributed by atoms with Crippen molar-refractivity contribution in [1.82, 2.24) is 4.90 Å². The number of aliphatic carboxylic acids is 1. The van der Waals surface area contributed by atoms with Crippen LogP contribution in [0.1, 0.15) is 39.0 Å². The van der Waals surface area contributed by atoms with Gasteiger partial charge in [-0.3, -0.25) is 9.59 Å². The van der Waals surface area contributed by atoms with E-state index in [1.54, 1.807) is 4.90 Å². The van der Waals surface area contributed by atoms with Crippen LogP contribution < -0.4 is 5.73 Å². The Morgan fingerprint density at radius 1 is 1.35 bits per heavy atom. The van der Waals surface area contributed by atoms with Crippen molar-refractivity contribution in [3.63, 3.8) is 0 Å². The van der Waals surface area contributed by atoms with Crippen LogP contribution in [0.25, 0.3) is 0 Å². The normalized spacial score (nSPS) is 31.1. The Balaban J connectivity index is 2.07. The lowest BCUT2D eigenvalue weighted by atomic mass is 9.76. The van der Waals surface area contributed by atoms with E-state index in [1.165, 1.54) is 0 Å². The molecule has 1 aliphatic heterocycles. The molecule has 0 radical (unpaired) electrons. The molecule has 5 heteroatoms. The average Bonchev–Trinajstić information content (AvgIpc) is 2.70. The van der Waals surface area contributed by atoms with Crippen molar-refractivity contribution >= 4 is 11.9 Å². The third kappa shape index (κ3) is 1.82. The largest absolute Gasteiger partial charge is 0.481 e. The van der Waals surface area contributed by atoms with Gasteiger partial charge >= 0.3 is 5.97 Å². The minimum absolute atomic E-state index is 0.0553. The van der Waals surface area contributed by atoms with E-state index >= 15 is 0 Å². The molecular formula is C12H20N2O3. The third-order valence-electron chi connectivity index (χ3n) is 4.44. The molecule has 0 aromatic heterocycles. The first-order valence-electron chi connectivity index (χ1n) is 6.25. The molecule has 1 amide bonds. The summed E-state index contributed by atoms with van der Waals surface area (Å²) in [7, 11) is 0. The summed E-state index contributed by atoms with van der Waals surface area (Å²) in [5.74, 6) is -0.852. The predicted molar refractivity (Wildman–Crippen MR) is 62.3 cm³/mol. The van der Waals surface area contributed by atoms with E-state index in [0.29, 0.717) is 25.9 Å². The maximum Gasteiger partial charge on any atom is 0.311 e. The maximum absolute atomic E-state index is 12.2. The number of carbonyl (C=O) groups excluding carboxylic acids is 1. The van der Waals surface area contributed by atoms with Crippen LogP contribution in [0.5, 0.6) is 0 Å². The Morgan fingerprint density at radius 2 is 2.00 bits per heavy atom. The van der Waals surface area contributed by atoms with Gasteiger partial charge in [-0.2, -0.15) is 0 Å². The Bertz CT molecular complexity index is 352. The second-order valence-electron chi connectivity index (χ2n) is 5.43. The highest BCUT2D eigenvalue weighted by Crippen LogP contribution is 2.38. The summed E-state index contributed by atoms with van der Waals surface area (Å²) in [6.45, 7) is 2.71. The summed E-state index contributed by atoms with van der Waals surface area (Å²) in [5.41, 5.74) is 4.53. The van der Waals surface area contributed by atoms with Gasteiger partial charge in [-0.1, -0.05) is 6.92 Å². The fourth-order valence-electron chi connectivity index (χ4n) is 2.75. The summed E-state index contributed by atoms with van der Waals surface area (Å²) in [6.07, 6.45) is 3.56. The zero-order valence-corrected chi connectivity index (χ0v) is 10.2. The Labute approximate surface area is 101 Å². The van der Waals surface area contributed by atoms with Crippen molar-refractivity contribution in [3.8, 4) is 0 Å². The molecule has 2 fully saturated rings. The van der Waals surface area contributed by atoms with Crippen LogP contribution in [0.3, 0.4) is 0 Å². The number of carbonyl (C=O) groups is 2. The van der Waals surface area contributed by atoms with E-state index in [9.17, 15) is 14.7 Å². The molecule has 5 nitrogen and oxygen atoms in total. The number of hydrogen-bond acceptors (Lipinski definition) is 3. The van der Waals surface area contributed by atoms with Crippen LogP contribution in [0.15, 0.2) is 0 Å². The van der Waals surface area contributed by atoms with Gasteiger partial charge in [0, 0.05) is 13.1 Å². The summed E-state index contributed by atoms with van der Waals surface area (Å²) >= 11 is 0. The number of carboxylic acid groups (broad SMARTS) is 1. The van der Waals surface area contributed by atoms with Crippen LogP contribution in [0.4, 0.5) is 0 Å². The van der Waals surface area contributed by atoms with Crippen molar-refractivity contribution in [2.75, 3.05) is 13.1 Å². The van der Waals surface area contributed by atoms with Gasteiger partial charge in [0.2, 0.25) is 5.91 Å². The molecule has 0 aromatic rings. The summed E-state index contributed by atoms with van der Waals surface area (Å²) < 4.78 is 0. The maximum atomic E-state index is 12.2. The lowest BCUT2D eigenvalue weighted by Gasteiger charge is -2.39. The van der Waals surface area contributed by atoms with E-state index < -0.39 is 16.9 Å². The molecular weight excluding hydrogens is 220 g/mol. The second kappa shape index (κ2) is 3.98. The molecule has 1 atom stereocenters. The molecule has 96 valence electrons. The van der Waals surface area contributed by atoms with Crippen LogP contribution in [-0.4, -0.2) is 40.5 Å². The van der Waals surface area contributed by atoms with Gasteiger partial charge in [0.15, 0.2) is 0 Å². The lowest BCUT2D eigenvalue weighted by molar-refractivity contribution is -0.149. The molecule has 1 aliphatic carbocycles. The van der Waals surface area contributed by atoms with Crippen molar-refractivity contribution in [3.05, 3.63) is 0 Å². The smallest absolute Gasteiger partial charge is 0.311 e. The minimum Gasteiger partial charge on any atom is -0.481 e. The SMILES string of the molecule is CCC1(C(=O)O)CCN(C(=O)C2(N)CCC2)C1. The zero-order chi connectivity index (χ0) is 12.7. The molecule has 1 heterocycles. The van der Waals surface area contributed by atoms with Crippen molar-refractivity contribution < 1.29 is 14.7 Å². The molecule has 1 saturated heterocycles. The Kier molecular flexibility index (Phi) is 2.89. The third-order valence-corrected chi connectivity index (χ3v) is 4.44. The highest BCUT2D eigenvalue weighted by atomic mass is 16.4. The highest BCUT2D eigenvalue weighted by molar-refractivity contribution is 5.88. The van der Waals surface area contributed by atoms with Crippen LogP contribution in [0, 0.1) is 5.41 Å². The molecule has 3 N–H and O–H groups in total. The van der Waals surface area contributed by atoms with Crippen molar-refractivity contribution in [1.29, 1.82) is 0 Å². The number of hydrogen-bond donors (Lipinski definition) is 2.